The minimum atomic E-state index is -3.45. The maximum atomic E-state index is 12.0. The molecule has 104 valence electrons. The van der Waals surface area contributed by atoms with Crippen molar-refractivity contribution >= 4 is 21.4 Å². The van der Waals surface area contributed by atoms with Gasteiger partial charge in [-0.05, 0) is 18.6 Å². The molecule has 0 atom stereocenters. The summed E-state index contributed by atoms with van der Waals surface area (Å²) in [5, 5.41) is 5.69. The highest BCUT2D eigenvalue weighted by atomic mass is 32.2. The van der Waals surface area contributed by atoms with E-state index in [0.29, 0.717) is 19.6 Å². The zero-order valence-electron chi connectivity index (χ0n) is 10.5. The molecule has 0 aliphatic rings. The highest BCUT2D eigenvalue weighted by Crippen LogP contribution is 2.18. The third kappa shape index (κ3) is 3.63. The van der Waals surface area contributed by atoms with E-state index in [1.54, 1.807) is 22.3 Å². The van der Waals surface area contributed by atoms with Gasteiger partial charge in [0, 0.05) is 29.5 Å². The second-order valence-electron chi connectivity index (χ2n) is 4.13. The molecule has 2 aromatic rings. The van der Waals surface area contributed by atoms with Crippen molar-refractivity contribution in [3.05, 3.63) is 34.3 Å². The summed E-state index contributed by atoms with van der Waals surface area (Å²) >= 11 is 1.35. The Hall–Kier alpha value is -1.22. The number of hydrogen-bond acceptors (Lipinski definition) is 5. The van der Waals surface area contributed by atoms with Crippen molar-refractivity contribution in [2.75, 3.05) is 6.54 Å². The number of nitrogens with two attached hydrogens (primary N) is 1. The quantitative estimate of drug-likeness (QED) is 0.821. The van der Waals surface area contributed by atoms with Crippen LogP contribution < -0.4 is 10.5 Å². The van der Waals surface area contributed by atoms with Gasteiger partial charge in [0.05, 0.1) is 17.6 Å². The number of rotatable bonds is 6. The number of sulfonamides is 1. The Morgan fingerprint density at radius 3 is 2.89 bits per heavy atom. The fourth-order valence-corrected chi connectivity index (χ4v) is 3.75. The molecule has 0 aromatic carbocycles. The van der Waals surface area contributed by atoms with Crippen LogP contribution in [0.5, 0.6) is 0 Å². The Kier molecular flexibility index (Phi) is 4.35. The van der Waals surface area contributed by atoms with E-state index >= 15 is 0 Å². The number of nitrogens with one attached hydrogen (secondary N) is 1. The summed E-state index contributed by atoms with van der Waals surface area (Å²) in [6.07, 6.45) is 3.60. The standard InChI is InChI=1S/C11H16N4O2S2/c1-9-6-13-15(7-9)3-2-14-19(16,17)11-4-10(5-12)18-8-11/h4,6-8,14H,2-3,5,12H2,1H3. The molecule has 19 heavy (non-hydrogen) atoms. The normalized spacial score (nSPS) is 11.9. The van der Waals surface area contributed by atoms with Gasteiger partial charge in [-0.2, -0.15) is 5.10 Å². The average Bonchev–Trinajstić information content (AvgIpc) is 2.98. The van der Waals surface area contributed by atoms with Crippen LogP contribution in [0.3, 0.4) is 0 Å². The first-order valence-corrected chi connectivity index (χ1v) is 8.14. The summed E-state index contributed by atoms with van der Waals surface area (Å²) in [5.74, 6) is 0. The van der Waals surface area contributed by atoms with Crippen molar-refractivity contribution in [3.63, 3.8) is 0 Å². The van der Waals surface area contributed by atoms with Crippen LogP contribution in [0.25, 0.3) is 0 Å². The van der Waals surface area contributed by atoms with Crippen LogP contribution in [-0.2, 0) is 23.1 Å². The van der Waals surface area contributed by atoms with E-state index in [9.17, 15) is 8.42 Å². The SMILES string of the molecule is Cc1cnn(CCNS(=O)(=O)c2csc(CN)c2)c1. The molecule has 3 N–H and O–H groups in total. The Morgan fingerprint density at radius 1 is 1.53 bits per heavy atom. The molecule has 0 aliphatic heterocycles. The first-order chi connectivity index (χ1) is 9.01. The summed E-state index contributed by atoms with van der Waals surface area (Å²) in [7, 11) is -3.45. The zero-order chi connectivity index (χ0) is 13.9. The second kappa shape index (κ2) is 5.83. The minimum Gasteiger partial charge on any atom is -0.326 e. The molecule has 0 saturated carbocycles. The van der Waals surface area contributed by atoms with E-state index in [1.807, 2.05) is 13.1 Å². The Balaban J connectivity index is 1.94. The summed E-state index contributed by atoms with van der Waals surface area (Å²) in [6, 6.07) is 1.60. The van der Waals surface area contributed by atoms with E-state index in [4.69, 9.17) is 5.73 Å². The van der Waals surface area contributed by atoms with Gasteiger partial charge in [-0.25, -0.2) is 13.1 Å². The van der Waals surface area contributed by atoms with Crippen molar-refractivity contribution in [3.8, 4) is 0 Å². The Labute approximate surface area is 116 Å². The van der Waals surface area contributed by atoms with Crippen LogP contribution in [0.15, 0.2) is 28.7 Å². The molecule has 0 unspecified atom stereocenters. The number of hydrogen-bond donors (Lipinski definition) is 2. The molecular weight excluding hydrogens is 284 g/mol. The molecular formula is C11H16N4O2S2. The molecule has 2 aromatic heterocycles. The van der Waals surface area contributed by atoms with Gasteiger partial charge in [0.25, 0.3) is 0 Å². The predicted molar refractivity (Wildman–Crippen MR) is 74.4 cm³/mol. The number of nitrogens with zero attached hydrogens (tertiary/aromatic N) is 2. The van der Waals surface area contributed by atoms with Crippen LogP contribution in [0, 0.1) is 6.92 Å². The van der Waals surface area contributed by atoms with Gasteiger partial charge in [0.15, 0.2) is 0 Å². The molecule has 0 spiro atoms. The van der Waals surface area contributed by atoms with Crippen molar-refractivity contribution in [2.24, 2.45) is 5.73 Å². The van der Waals surface area contributed by atoms with E-state index in [0.717, 1.165) is 10.4 Å². The minimum absolute atomic E-state index is 0.273. The van der Waals surface area contributed by atoms with E-state index in [1.165, 1.54) is 11.3 Å². The fraction of sp³-hybridized carbons (Fsp3) is 0.364. The lowest BCUT2D eigenvalue weighted by molar-refractivity contribution is 0.561. The van der Waals surface area contributed by atoms with Crippen LogP contribution in [0.1, 0.15) is 10.4 Å². The first-order valence-electron chi connectivity index (χ1n) is 5.77. The molecule has 0 bridgehead atoms. The first kappa shape index (κ1) is 14.2. The summed E-state index contributed by atoms with van der Waals surface area (Å²) in [5.41, 5.74) is 6.52. The molecule has 0 fully saturated rings. The largest absolute Gasteiger partial charge is 0.326 e. The Morgan fingerprint density at radius 2 is 2.32 bits per heavy atom. The summed E-state index contributed by atoms with van der Waals surface area (Å²) in [6.45, 7) is 3.10. The number of aryl methyl sites for hydroxylation is 1. The van der Waals surface area contributed by atoms with Crippen LogP contribution in [0.2, 0.25) is 0 Å². The number of thiophene rings is 1. The molecule has 8 heteroatoms. The van der Waals surface area contributed by atoms with Gasteiger partial charge in [-0.1, -0.05) is 0 Å². The van der Waals surface area contributed by atoms with Crippen LogP contribution in [-0.4, -0.2) is 24.7 Å². The highest BCUT2D eigenvalue weighted by Gasteiger charge is 2.15. The predicted octanol–water partition coefficient (Wildman–Crippen LogP) is 0.690. The third-order valence-corrected chi connectivity index (χ3v) is 5.09. The monoisotopic (exact) mass is 300 g/mol. The van der Waals surface area contributed by atoms with Gasteiger partial charge in [0.2, 0.25) is 10.0 Å². The zero-order valence-corrected chi connectivity index (χ0v) is 12.2. The smallest absolute Gasteiger partial charge is 0.241 e. The molecule has 0 aliphatic carbocycles. The molecule has 6 nitrogen and oxygen atoms in total. The summed E-state index contributed by atoms with van der Waals surface area (Å²) < 4.78 is 28.2. The van der Waals surface area contributed by atoms with E-state index in [2.05, 4.69) is 9.82 Å². The maximum Gasteiger partial charge on any atom is 0.241 e. The topological polar surface area (TPSA) is 90.0 Å². The van der Waals surface area contributed by atoms with Crippen LogP contribution >= 0.6 is 11.3 Å². The molecule has 0 radical (unpaired) electrons. The van der Waals surface area contributed by atoms with Gasteiger partial charge in [-0.3, -0.25) is 4.68 Å². The molecule has 2 rings (SSSR count). The molecule has 0 saturated heterocycles. The van der Waals surface area contributed by atoms with Crippen LogP contribution in [0.4, 0.5) is 0 Å². The molecule has 2 heterocycles. The van der Waals surface area contributed by atoms with Crippen molar-refractivity contribution in [1.82, 2.24) is 14.5 Å². The van der Waals surface area contributed by atoms with Crippen molar-refractivity contribution in [2.45, 2.75) is 24.9 Å². The Bertz CT molecular complexity index is 645. The lowest BCUT2D eigenvalue weighted by Crippen LogP contribution is -2.27. The van der Waals surface area contributed by atoms with Gasteiger partial charge >= 0.3 is 0 Å². The van der Waals surface area contributed by atoms with Gasteiger partial charge in [0.1, 0.15) is 0 Å². The maximum absolute atomic E-state index is 12.0. The van der Waals surface area contributed by atoms with Crippen molar-refractivity contribution in [1.29, 1.82) is 0 Å². The van der Waals surface area contributed by atoms with E-state index < -0.39 is 10.0 Å². The van der Waals surface area contributed by atoms with E-state index in [-0.39, 0.29) is 4.90 Å². The third-order valence-electron chi connectivity index (χ3n) is 2.54. The molecule has 0 amide bonds. The lowest BCUT2D eigenvalue weighted by atomic mass is 10.4. The second-order valence-corrected chi connectivity index (χ2v) is 6.89. The van der Waals surface area contributed by atoms with Crippen molar-refractivity contribution < 1.29 is 8.42 Å². The fourth-order valence-electron chi connectivity index (χ4n) is 1.58. The highest BCUT2D eigenvalue weighted by molar-refractivity contribution is 7.89. The lowest BCUT2D eigenvalue weighted by Gasteiger charge is -2.05. The van der Waals surface area contributed by atoms with Gasteiger partial charge in [-0.15, -0.1) is 11.3 Å². The summed E-state index contributed by atoms with van der Waals surface area (Å²) in [4.78, 5) is 1.12. The van der Waals surface area contributed by atoms with Gasteiger partial charge < -0.3 is 5.73 Å². The average molecular weight is 300 g/mol. The number of aromatic nitrogens is 2.